The average Bonchev–Trinajstić information content (AvgIpc) is 2.81. The lowest BCUT2D eigenvalue weighted by Gasteiger charge is -2.23. The molecule has 0 saturated carbocycles. The van der Waals surface area contributed by atoms with Gasteiger partial charge in [-0.15, -0.1) is 0 Å². The standard InChI is InChI=1S/C11H20N2O2S/c14-11(7-12-10-3-6-16-8-10)13-9-1-4-15-5-2-9/h9-10,12H,1-8H2,(H,13,14). The molecule has 2 rings (SSSR count). The van der Waals surface area contributed by atoms with Crippen molar-refractivity contribution in [3.63, 3.8) is 0 Å². The minimum Gasteiger partial charge on any atom is -0.381 e. The first-order chi connectivity index (χ1) is 7.84. The van der Waals surface area contributed by atoms with Gasteiger partial charge in [-0.25, -0.2) is 0 Å². The molecule has 0 aromatic heterocycles. The van der Waals surface area contributed by atoms with Crippen molar-refractivity contribution in [3.05, 3.63) is 0 Å². The number of amides is 1. The molecule has 5 heteroatoms. The van der Waals surface area contributed by atoms with Gasteiger partial charge in [-0.1, -0.05) is 0 Å². The molecule has 0 spiro atoms. The maximum atomic E-state index is 11.6. The summed E-state index contributed by atoms with van der Waals surface area (Å²) in [6, 6.07) is 0.853. The molecule has 1 amide bonds. The average molecular weight is 244 g/mol. The number of carbonyl (C=O) groups is 1. The van der Waals surface area contributed by atoms with Gasteiger partial charge in [0.05, 0.1) is 6.54 Å². The first kappa shape index (κ1) is 12.2. The lowest BCUT2D eigenvalue weighted by molar-refractivity contribution is -0.121. The second-order valence-electron chi connectivity index (χ2n) is 4.40. The van der Waals surface area contributed by atoms with Crippen molar-refractivity contribution < 1.29 is 9.53 Å². The van der Waals surface area contributed by atoms with Crippen molar-refractivity contribution in [2.24, 2.45) is 0 Å². The first-order valence-electron chi connectivity index (χ1n) is 6.03. The third kappa shape index (κ3) is 3.96. The molecule has 2 aliphatic rings. The summed E-state index contributed by atoms with van der Waals surface area (Å²) >= 11 is 1.96. The van der Waals surface area contributed by atoms with E-state index in [-0.39, 0.29) is 5.91 Å². The van der Waals surface area contributed by atoms with Crippen LogP contribution in [0.1, 0.15) is 19.3 Å². The van der Waals surface area contributed by atoms with Crippen LogP contribution in [0.5, 0.6) is 0 Å². The van der Waals surface area contributed by atoms with E-state index in [1.807, 2.05) is 11.8 Å². The quantitative estimate of drug-likeness (QED) is 0.750. The largest absolute Gasteiger partial charge is 0.381 e. The Morgan fingerprint density at radius 2 is 2.06 bits per heavy atom. The molecule has 0 radical (unpaired) electrons. The molecule has 4 nitrogen and oxygen atoms in total. The zero-order chi connectivity index (χ0) is 11.2. The molecular weight excluding hydrogens is 224 g/mol. The van der Waals surface area contributed by atoms with E-state index in [0.717, 1.165) is 31.8 Å². The molecule has 0 aromatic carbocycles. The highest BCUT2D eigenvalue weighted by atomic mass is 32.2. The van der Waals surface area contributed by atoms with Crippen LogP contribution >= 0.6 is 11.8 Å². The Hall–Kier alpha value is -0.260. The second kappa shape index (κ2) is 6.47. The van der Waals surface area contributed by atoms with Crippen LogP contribution in [-0.4, -0.2) is 49.3 Å². The number of rotatable bonds is 4. The highest BCUT2D eigenvalue weighted by molar-refractivity contribution is 7.99. The van der Waals surface area contributed by atoms with Crippen molar-refractivity contribution in [2.75, 3.05) is 31.3 Å². The van der Waals surface area contributed by atoms with Gasteiger partial charge < -0.3 is 15.4 Å². The van der Waals surface area contributed by atoms with Crippen LogP contribution in [0.3, 0.4) is 0 Å². The molecule has 1 atom stereocenters. The van der Waals surface area contributed by atoms with Crippen LogP contribution in [0.15, 0.2) is 0 Å². The SMILES string of the molecule is O=C(CNC1CCSC1)NC1CCOCC1. The lowest BCUT2D eigenvalue weighted by Crippen LogP contribution is -2.45. The van der Waals surface area contributed by atoms with Crippen LogP contribution in [0.4, 0.5) is 0 Å². The van der Waals surface area contributed by atoms with E-state index in [1.54, 1.807) is 0 Å². The molecule has 1 unspecified atom stereocenters. The van der Waals surface area contributed by atoms with Gasteiger partial charge in [0.2, 0.25) is 5.91 Å². The van der Waals surface area contributed by atoms with Crippen LogP contribution in [0, 0.1) is 0 Å². The maximum Gasteiger partial charge on any atom is 0.234 e. The van der Waals surface area contributed by atoms with Crippen molar-refractivity contribution >= 4 is 17.7 Å². The van der Waals surface area contributed by atoms with Crippen molar-refractivity contribution in [1.82, 2.24) is 10.6 Å². The smallest absolute Gasteiger partial charge is 0.234 e. The van der Waals surface area contributed by atoms with E-state index in [9.17, 15) is 4.79 Å². The van der Waals surface area contributed by atoms with E-state index < -0.39 is 0 Å². The van der Waals surface area contributed by atoms with E-state index in [1.165, 1.54) is 12.2 Å². The van der Waals surface area contributed by atoms with Crippen LogP contribution < -0.4 is 10.6 Å². The van der Waals surface area contributed by atoms with Gasteiger partial charge in [-0.3, -0.25) is 4.79 Å². The van der Waals surface area contributed by atoms with Crippen molar-refractivity contribution in [3.8, 4) is 0 Å². The van der Waals surface area contributed by atoms with Gasteiger partial charge in [0, 0.05) is 31.1 Å². The highest BCUT2D eigenvalue weighted by Crippen LogP contribution is 2.16. The third-order valence-corrected chi connectivity index (χ3v) is 4.23. The monoisotopic (exact) mass is 244 g/mol. The summed E-state index contributed by atoms with van der Waals surface area (Å²) < 4.78 is 5.25. The molecule has 0 aliphatic carbocycles. The Bertz CT molecular complexity index is 226. The molecule has 2 N–H and O–H groups in total. The fourth-order valence-electron chi connectivity index (χ4n) is 2.05. The summed E-state index contributed by atoms with van der Waals surface area (Å²) in [4.78, 5) is 11.6. The van der Waals surface area contributed by atoms with Crippen molar-refractivity contribution in [1.29, 1.82) is 0 Å². The van der Waals surface area contributed by atoms with Gasteiger partial charge in [-0.2, -0.15) is 11.8 Å². The van der Waals surface area contributed by atoms with E-state index in [4.69, 9.17) is 4.74 Å². The summed E-state index contributed by atoms with van der Waals surface area (Å²) in [5.41, 5.74) is 0. The molecule has 2 heterocycles. The van der Waals surface area contributed by atoms with E-state index in [2.05, 4.69) is 10.6 Å². The van der Waals surface area contributed by atoms with Crippen molar-refractivity contribution in [2.45, 2.75) is 31.3 Å². The van der Waals surface area contributed by atoms with Gasteiger partial charge in [-0.05, 0) is 25.0 Å². The number of ether oxygens (including phenoxy) is 1. The van der Waals surface area contributed by atoms with Crippen LogP contribution in [0.25, 0.3) is 0 Å². The lowest BCUT2D eigenvalue weighted by atomic mass is 10.1. The summed E-state index contributed by atoms with van der Waals surface area (Å²) in [6.07, 6.45) is 3.09. The minimum absolute atomic E-state index is 0.129. The van der Waals surface area contributed by atoms with Gasteiger partial charge in [0.25, 0.3) is 0 Å². The zero-order valence-electron chi connectivity index (χ0n) is 9.54. The Labute approximate surface area is 101 Å². The van der Waals surface area contributed by atoms with E-state index >= 15 is 0 Å². The summed E-state index contributed by atoms with van der Waals surface area (Å²) in [6.45, 7) is 2.01. The van der Waals surface area contributed by atoms with Gasteiger partial charge in [0.15, 0.2) is 0 Å². The number of nitrogens with one attached hydrogen (secondary N) is 2. The number of carbonyl (C=O) groups excluding carboxylic acids is 1. The van der Waals surface area contributed by atoms with Crippen LogP contribution in [-0.2, 0) is 9.53 Å². The van der Waals surface area contributed by atoms with E-state index in [0.29, 0.717) is 18.6 Å². The molecule has 2 aliphatic heterocycles. The second-order valence-corrected chi connectivity index (χ2v) is 5.55. The third-order valence-electron chi connectivity index (χ3n) is 3.07. The molecule has 92 valence electrons. The molecular formula is C11H20N2O2S. The minimum atomic E-state index is 0.129. The Morgan fingerprint density at radius 1 is 1.25 bits per heavy atom. The molecule has 16 heavy (non-hydrogen) atoms. The molecule has 2 fully saturated rings. The Kier molecular flexibility index (Phi) is 4.93. The predicted molar refractivity (Wildman–Crippen MR) is 65.7 cm³/mol. The fourth-order valence-corrected chi connectivity index (χ4v) is 3.24. The number of thioether (sulfide) groups is 1. The predicted octanol–water partition coefficient (Wildman–Crippen LogP) is 0.377. The van der Waals surface area contributed by atoms with Gasteiger partial charge >= 0.3 is 0 Å². The zero-order valence-corrected chi connectivity index (χ0v) is 10.4. The highest BCUT2D eigenvalue weighted by Gasteiger charge is 2.18. The maximum absolute atomic E-state index is 11.6. The first-order valence-corrected chi connectivity index (χ1v) is 7.18. The molecule has 2 saturated heterocycles. The topological polar surface area (TPSA) is 50.4 Å². The molecule has 0 bridgehead atoms. The number of hydrogen-bond acceptors (Lipinski definition) is 4. The Balaban J connectivity index is 1.59. The summed E-state index contributed by atoms with van der Waals surface area (Å²) in [7, 11) is 0. The molecule has 0 aromatic rings. The normalized spacial score (nSPS) is 26.9. The fraction of sp³-hybridized carbons (Fsp3) is 0.909. The van der Waals surface area contributed by atoms with Crippen LogP contribution in [0.2, 0.25) is 0 Å². The Morgan fingerprint density at radius 3 is 2.75 bits per heavy atom. The number of hydrogen-bond donors (Lipinski definition) is 2. The summed E-state index contributed by atoms with van der Waals surface area (Å²) in [5.74, 6) is 2.49. The summed E-state index contributed by atoms with van der Waals surface area (Å²) in [5, 5.41) is 6.36. The van der Waals surface area contributed by atoms with Gasteiger partial charge in [0.1, 0.15) is 0 Å².